The van der Waals surface area contributed by atoms with Gasteiger partial charge in [0, 0.05) is 27.7 Å². The van der Waals surface area contributed by atoms with E-state index in [9.17, 15) is 9.59 Å². The number of aromatic nitrogens is 2. The number of methoxy groups -OCH3 is 2. The van der Waals surface area contributed by atoms with Crippen LogP contribution in [-0.4, -0.2) is 29.5 Å². The normalized spacial score (nSPS) is 11.5. The van der Waals surface area contributed by atoms with Crippen molar-refractivity contribution in [2.45, 2.75) is 6.54 Å². The number of benzene rings is 3. The Bertz CT molecular complexity index is 1860. The highest BCUT2D eigenvalue weighted by Crippen LogP contribution is 2.39. The van der Waals surface area contributed by atoms with Gasteiger partial charge in [0.1, 0.15) is 5.69 Å². The maximum atomic E-state index is 13.8. The lowest BCUT2D eigenvalue weighted by molar-refractivity contribution is 0.0946. The second kappa shape index (κ2) is 8.39. The standard InChI is InChI=1S/C28H20ClN3O4/c1-35-22-12-11-18-23(26(22)36-2)28(34)32-21-6-4-3-5-17(21)19-13-20(31-24(18)25(19)32)27(33)30-14-15-7-9-16(29)10-8-15/h3-13H,14H2,1-2H3,(H,30,33). The molecule has 1 amide bonds. The van der Waals surface area contributed by atoms with Gasteiger partial charge in [0.05, 0.1) is 36.2 Å². The molecule has 1 N–H and O–H groups in total. The van der Waals surface area contributed by atoms with Crippen molar-refractivity contribution in [3.05, 3.63) is 93.4 Å². The minimum absolute atomic E-state index is 0.235. The fourth-order valence-electron chi connectivity index (χ4n) is 4.83. The molecule has 0 aliphatic carbocycles. The highest BCUT2D eigenvalue weighted by atomic mass is 35.5. The summed E-state index contributed by atoms with van der Waals surface area (Å²) in [6, 6.07) is 20.2. The first-order chi connectivity index (χ1) is 17.5. The molecular weight excluding hydrogens is 478 g/mol. The Morgan fingerprint density at radius 3 is 2.50 bits per heavy atom. The van der Waals surface area contributed by atoms with Gasteiger partial charge in [0.25, 0.3) is 11.5 Å². The number of hydrogen-bond donors (Lipinski definition) is 1. The van der Waals surface area contributed by atoms with E-state index in [2.05, 4.69) is 5.32 Å². The summed E-state index contributed by atoms with van der Waals surface area (Å²) in [5.74, 6) is 0.451. The SMILES string of the molecule is COc1ccc2c(c1OC)c(=O)n1c3ccccc3c3cc(C(=O)NCc4ccc(Cl)cc4)nc2c31. The van der Waals surface area contributed by atoms with E-state index in [0.717, 1.165) is 21.9 Å². The predicted octanol–water partition coefficient (Wildman–Crippen LogP) is 5.19. The predicted molar refractivity (Wildman–Crippen MR) is 141 cm³/mol. The Morgan fingerprint density at radius 1 is 0.972 bits per heavy atom. The second-order valence-electron chi connectivity index (χ2n) is 8.44. The van der Waals surface area contributed by atoms with Crippen LogP contribution in [0.2, 0.25) is 5.02 Å². The summed E-state index contributed by atoms with van der Waals surface area (Å²) in [7, 11) is 3.02. The maximum Gasteiger partial charge on any atom is 0.270 e. The van der Waals surface area contributed by atoms with Crippen LogP contribution in [0.3, 0.4) is 0 Å². The zero-order valence-electron chi connectivity index (χ0n) is 19.5. The smallest absolute Gasteiger partial charge is 0.270 e. The lowest BCUT2D eigenvalue weighted by Crippen LogP contribution is -2.24. The highest BCUT2D eigenvalue weighted by Gasteiger charge is 2.24. The van der Waals surface area contributed by atoms with E-state index in [1.807, 2.05) is 36.4 Å². The molecule has 0 aliphatic rings. The van der Waals surface area contributed by atoms with E-state index < -0.39 is 0 Å². The monoisotopic (exact) mass is 497 g/mol. The summed E-state index contributed by atoms with van der Waals surface area (Å²) in [5.41, 5.74) is 2.87. The van der Waals surface area contributed by atoms with Crippen molar-refractivity contribution in [1.29, 1.82) is 0 Å². The van der Waals surface area contributed by atoms with Gasteiger partial charge in [-0.1, -0.05) is 41.9 Å². The summed E-state index contributed by atoms with van der Waals surface area (Å²) in [4.78, 5) is 31.8. The number of nitrogens with zero attached hydrogens (tertiary/aromatic N) is 2. The molecule has 0 atom stereocenters. The summed E-state index contributed by atoms with van der Waals surface area (Å²) in [5, 5.41) is 6.14. The summed E-state index contributed by atoms with van der Waals surface area (Å²) >= 11 is 5.97. The van der Waals surface area contributed by atoms with Gasteiger partial charge >= 0.3 is 0 Å². The fraction of sp³-hybridized carbons (Fsp3) is 0.107. The number of rotatable bonds is 5. The molecule has 36 heavy (non-hydrogen) atoms. The Labute approximate surface area is 210 Å². The Kier molecular flexibility index (Phi) is 5.16. The van der Waals surface area contributed by atoms with Crippen molar-refractivity contribution in [2.24, 2.45) is 0 Å². The van der Waals surface area contributed by atoms with Gasteiger partial charge in [-0.15, -0.1) is 0 Å². The number of ether oxygens (including phenoxy) is 2. The molecule has 0 unspecified atom stereocenters. The molecule has 8 heteroatoms. The first-order valence-electron chi connectivity index (χ1n) is 11.3. The Hall–Kier alpha value is -4.36. The van der Waals surface area contributed by atoms with E-state index in [4.69, 9.17) is 26.1 Å². The van der Waals surface area contributed by atoms with Gasteiger partial charge in [-0.05, 0) is 42.0 Å². The molecule has 0 saturated carbocycles. The summed E-state index contributed by atoms with van der Waals surface area (Å²) in [6.07, 6.45) is 0. The average molecular weight is 498 g/mol. The van der Waals surface area contributed by atoms with Crippen molar-refractivity contribution >= 4 is 55.6 Å². The van der Waals surface area contributed by atoms with Crippen LogP contribution in [-0.2, 0) is 6.54 Å². The largest absolute Gasteiger partial charge is 0.493 e. The number of halogens is 1. The van der Waals surface area contributed by atoms with Gasteiger partial charge < -0.3 is 14.8 Å². The van der Waals surface area contributed by atoms with Crippen LogP contribution in [0.5, 0.6) is 11.5 Å². The highest BCUT2D eigenvalue weighted by molar-refractivity contribution is 6.30. The molecule has 0 aliphatic heterocycles. The number of hydrogen-bond acceptors (Lipinski definition) is 5. The van der Waals surface area contributed by atoms with Gasteiger partial charge in [-0.3, -0.25) is 14.0 Å². The molecule has 0 bridgehead atoms. The van der Waals surface area contributed by atoms with Crippen LogP contribution >= 0.6 is 11.6 Å². The number of carbonyl (C=O) groups is 1. The van der Waals surface area contributed by atoms with E-state index in [-0.39, 0.29) is 17.2 Å². The first-order valence-corrected chi connectivity index (χ1v) is 11.7. The van der Waals surface area contributed by atoms with Crippen LogP contribution in [0.4, 0.5) is 0 Å². The molecule has 0 radical (unpaired) electrons. The Morgan fingerprint density at radius 2 is 1.75 bits per heavy atom. The number of fused-ring (bicyclic) bond motifs is 5. The zero-order valence-corrected chi connectivity index (χ0v) is 20.2. The molecule has 7 nitrogen and oxygen atoms in total. The number of pyridine rings is 2. The second-order valence-corrected chi connectivity index (χ2v) is 8.88. The van der Waals surface area contributed by atoms with Crippen molar-refractivity contribution < 1.29 is 14.3 Å². The summed E-state index contributed by atoms with van der Waals surface area (Å²) in [6.45, 7) is 0.326. The van der Waals surface area contributed by atoms with Crippen molar-refractivity contribution in [2.75, 3.05) is 14.2 Å². The van der Waals surface area contributed by atoms with Crippen LogP contribution in [0.1, 0.15) is 16.1 Å². The molecule has 3 heterocycles. The molecule has 178 valence electrons. The maximum absolute atomic E-state index is 13.8. The average Bonchev–Trinajstić information content (AvgIpc) is 3.25. The van der Waals surface area contributed by atoms with E-state index in [0.29, 0.717) is 44.9 Å². The van der Waals surface area contributed by atoms with Crippen LogP contribution in [0.25, 0.3) is 38.1 Å². The van der Waals surface area contributed by atoms with E-state index >= 15 is 0 Å². The lowest BCUT2D eigenvalue weighted by atomic mass is 10.1. The lowest BCUT2D eigenvalue weighted by Gasteiger charge is -2.13. The minimum atomic E-state index is -0.321. The molecule has 6 rings (SSSR count). The molecular formula is C28H20ClN3O4. The van der Waals surface area contributed by atoms with Gasteiger partial charge in [-0.25, -0.2) is 4.98 Å². The van der Waals surface area contributed by atoms with Crippen molar-refractivity contribution in [3.8, 4) is 11.5 Å². The van der Waals surface area contributed by atoms with Crippen LogP contribution in [0.15, 0.2) is 71.5 Å². The van der Waals surface area contributed by atoms with Crippen molar-refractivity contribution in [3.63, 3.8) is 0 Å². The number of para-hydroxylation sites is 1. The molecule has 3 aromatic carbocycles. The number of carbonyl (C=O) groups excluding carboxylic acids is 1. The molecule has 6 aromatic rings. The van der Waals surface area contributed by atoms with Crippen LogP contribution < -0.4 is 20.3 Å². The van der Waals surface area contributed by atoms with E-state index in [1.165, 1.54) is 14.2 Å². The van der Waals surface area contributed by atoms with E-state index in [1.54, 1.807) is 34.7 Å². The number of amides is 1. The zero-order chi connectivity index (χ0) is 25.0. The first kappa shape index (κ1) is 22.1. The molecule has 0 spiro atoms. The summed E-state index contributed by atoms with van der Waals surface area (Å²) < 4.78 is 12.7. The van der Waals surface area contributed by atoms with Crippen molar-refractivity contribution in [1.82, 2.24) is 14.7 Å². The van der Waals surface area contributed by atoms with Gasteiger partial charge in [0.15, 0.2) is 11.5 Å². The van der Waals surface area contributed by atoms with Gasteiger partial charge in [0.2, 0.25) is 0 Å². The van der Waals surface area contributed by atoms with Crippen LogP contribution in [0, 0.1) is 0 Å². The quantitative estimate of drug-likeness (QED) is 0.331. The third-order valence-electron chi connectivity index (χ3n) is 6.47. The topological polar surface area (TPSA) is 81.9 Å². The Balaban J connectivity index is 1.63. The molecule has 3 aromatic heterocycles. The third kappa shape index (κ3) is 3.24. The van der Waals surface area contributed by atoms with Gasteiger partial charge in [-0.2, -0.15) is 0 Å². The molecule has 0 fully saturated rings. The molecule has 0 saturated heterocycles. The minimum Gasteiger partial charge on any atom is -0.493 e. The fourth-order valence-corrected chi connectivity index (χ4v) is 4.95. The number of nitrogens with one attached hydrogen (secondary N) is 1. The third-order valence-corrected chi connectivity index (χ3v) is 6.72.